The zero-order valence-corrected chi connectivity index (χ0v) is 17.6. The zero-order valence-electron chi connectivity index (χ0n) is 17.6. The first-order chi connectivity index (χ1) is 15.7. The number of aromatic nitrogens is 5. The lowest BCUT2D eigenvalue weighted by molar-refractivity contribution is -0.114. The number of carbonyl (C=O) groups is 1. The Hall–Kier alpha value is -4.21. The van der Waals surface area contributed by atoms with Gasteiger partial charge in [-0.1, -0.05) is 6.07 Å². The number of aromatic amines is 1. The minimum Gasteiger partial charge on any atom is -0.353 e. The van der Waals surface area contributed by atoms with Crippen molar-refractivity contribution in [3.63, 3.8) is 0 Å². The number of nitrogens with zero attached hydrogens (tertiary/aromatic N) is 6. The third-order valence-electron chi connectivity index (χ3n) is 5.28. The summed E-state index contributed by atoms with van der Waals surface area (Å²) in [5.41, 5.74) is 2.94. The Morgan fingerprint density at radius 3 is 2.41 bits per heavy atom. The van der Waals surface area contributed by atoms with Gasteiger partial charge in [0.25, 0.3) is 0 Å². The van der Waals surface area contributed by atoms with Crippen molar-refractivity contribution in [2.75, 3.05) is 46.6 Å². The molecule has 1 aliphatic rings. The van der Waals surface area contributed by atoms with Crippen LogP contribution in [0.3, 0.4) is 0 Å². The van der Waals surface area contributed by atoms with E-state index in [1.807, 2.05) is 48.7 Å². The molecule has 1 aliphatic heterocycles. The predicted octanol–water partition coefficient (Wildman–Crippen LogP) is 2.78. The first kappa shape index (κ1) is 19.7. The Labute approximate surface area is 184 Å². The molecule has 1 saturated heterocycles. The van der Waals surface area contributed by atoms with Crippen molar-refractivity contribution in [2.24, 2.45) is 0 Å². The maximum Gasteiger partial charge on any atom is 0.229 e. The van der Waals surface area contributed by atoms with Gasteiger partial charge in [0, 0.05) is 50.7 Å². The summed E-state index contributed by atoms with van der Waals surface area (Å²) in [5.74, 6) is 2.18. The van der Waals surface area contributed by atoms with Crippen molar-refractivity contribution < 1.29 is 4.79 Å². The topological polar surface area (TPSA) is 115 Å². The quantitative estimate of drug-likeness (QED) is 0.444. The molecule has 0 saturated carbocycles. The first-order valence-electron chi connectivity index (χ1n) is 10.4. The van der Waals surface area contributed by atoms with Gasteiger partial charge in [0.15, 0.2) is 11.5 Å². The molecule has 3 aromatic heterocycles. The number of amides is 1. The molecule has 0 radical (unpaired) electrons. The van der Waals surface area contributed by atoms with Crippen molar-refractivity contribution >= 4 is 46.0 Å². The molecule has 4 aromatic rings. The van der Waals surface area contributed by atoms with Crippen molar-refractivity contribution in [3.8, 4) is 0 Å². The molecule has 3 N–H and O–H groups in total. The van der Waals surface area contributed by atoms with Gasteiger partial charge in [-0.3, -0.25) is 4.79 Å². The number of piperazine rings is 1. The zero-order chi connectivity index (χ0) is 21.9. The lowest BCUT2D eigenvalue weighted by Gasteiger charge is -2.35. The summed E-state index contributed by atoms with van der Waals surface area (Å²) < 4.78 is 0. The largest absolute Gasteiger partial charge is 0.353 e. The average molecular weight is 429 g/mol. The summed E-state index contributed by atoms with van der Waals surface area (Å²) in [6.45, 7) is 4.74. The van der Waals surface area contributed by atoms with Crippen LogP contribution in [0.5, 0.6) is 0 Å². The molecule has 1 fully saturated rings. The summed E-state index contributed by atoms with van der Waals surface area (Å²) in [6.07, 6.45) is 3.43. The molecule has 1 aromatic carbocycles. The number of hydrogen-bond donors (Lipinski definition) is 3. The van der Waals surface area contributed by atoms with Gasteiger partial charge in [0.05, 0.1) is 6.33 Å². The summed E-state index contributed by atoms with van der Waals surface area (Å²) in [4.78, 5) is 37.0. The van der Waals surface area contributed by atoms with E-state index in [4.69, 9.17) is 4.98 Å². The molecule has 0 unspecified atom stereocenters. The van der Waals surface area contributed by atoms with E-state index in [0.29, 0.717) is 17.4 Å². The number of rotatable bonds is 5. The average Bonchev–Trinajstić information content (AvgIpc) is 3.30. The van der Waals surface area contributed by atoms with Crippen LogP contribution in [0.1, 0.15) is 6.92 Å². The SMILES string of the molecule is CC(=O)Nc1ccc(Nc2nc(N3CCN(c4ccccn4)CC3)nc3nc[nH]c23)cc1. The molecule has 32 heavy (non-hydrogen) atoms. The Morgan fingerprint density at radius 2 is 1.69 bits per heavy atom. The second-order valence-corrected chi connectivity index (χ2v) is 7.52. The van der Waals surface area contributed by atoms with Crippen LogP contribution < -0.4 is 20.4 Å². The van der Waals surface area contributed by atoms with Crippen LogP contribution in [-0.4, -0.2) is 57.0 Å². The van der Waals surface area contributed by atoms with Crippen LogP contribution in [0, 0.1) is 0 Å². The smallest absolute Gasteiger partial charge is 0.229 e. The van der Waals surface area contributed by atoms with Gasteiger partial charge in [0.2, 0.25) is 11.9 Å². The summed E-state index contributed by atoms with van der Waals surface area (Å²) in [5, 5.41) is 6.11. The van der Waals surface area contributed by atoms with Gasteiger partial charge in [-0.25, -0.2) is 9.97 Å². The third kappa shape index (κ3) is 4.15. The standard InChI is InChI=1S/C22H23N9O/c1-15(32)26-16-5-7-17(8-6-16)27-21-19-20(25-14-24-19)28-22(29-21)31-12-10-30(11-13-31)18-4-2-3-9-23-18/h2-9,14H,10-13H2,1H3,(H,26,32)(H2,24,25,27,28,29). The van der Waals surface area contributed by atoms with Crippen LogP contribution in [0.25, 0.3) is 11.2 Å². The van der Waals surface area contributed by atoms with Gasteiger partial charge in [-0.05, 0) is 36.4 Å². The van der Waals surface area contributed by atoms with Gasteiger partial charge in [0.1, 0.15) is 11.3 Å². The van der Waals surface area contributed by atoms with E-state index in [9.17, 15) is 4.79 Å². The van der Waals surface area contributed by atoms with E-state index in [2.05, 4.69) is 40.4 Å². The molecule has 0 aliphatic carbocycles. The van der Waals surface area contributed by atoms with Crippen LogP contribution in [0.4, 0.5) is 29.0 Å². The molecule has 10 heteroatoms. The molecular formula is C22H23N9O. The predicted molar refractivity (Wildman–Crippen MR) is 124 cm³/mol. The van der Waals surface area contributed by atoms with E-state index < -0.39 is 0 Å². The Bertz CT molecular complexity index is 1220. The van der Waals surface area contributed by atoms with Crippen molar-refractivity contribution in [2.45, 2.75) is 6.92 Å². The molecule has 162 valence electrons. The van der Waals surface area contributed by atoms with E-state index in [-0.39, 0.29) is 5.91 Å². The Morgan fingerprint density at radius 1 is 0.938 bits per heavy atom. The fraction of sp³-hybridized carbons (Fsp3) is 0.227. The fourth-order valence-corrected chi connectivity index (χ4v) is 3.71. The van der Waals surface area contributed by atoms with Gasteiger partial charge in [-0.2, -0.15) is 9.97 Å². The molecule has 0 bridgehead atoms. The second kappa shape index (κ2) is 8.50. The van der Waals surface area contributed by atoms with Gasteiger partial charge >= 0.3 is 0 Å². The highest BCUT2D eigenvalue weighted by atomic mass is 16.1. The fourth-order valence-electron chi connectivity index (χ4n) is 3.71. The normalized spacial score (nSPS) is 13.9. The maximum atomic E-state index is 11.2. The third-order valence-corrected chi connectivity index (χ3v) is 5.28. The molecule has 1 amide bonds. The molecule has 5 rings (SSSR count). The second-order valence-electron chi connectivity index (χ2n) is 7.52. The highest BCUT2D eigenvalue weighted by Gasteiger charge is 2.22. The van der Waals surface area contributed by atoms with Gasteiger partial charge < -0.3 is 25.4 Å². The monoisotopic (exact) mass is 429 g/mol. The number of benzene rings is 1. The number of pyridine rings is 1. The number of imidazole rings is 1. The van der Waals surface area contributed by atoms with Crippen LogP contribution >= 0.6 is 0 Å². The number of anilines is 5. The summed E-state index contributed by atoms with van der Waals surface area (Å²) in [7, 11) is 0. The van der Waals surface area contributed by atoms with Crippen LogP contribution in [0.15, 0.2) is 55.0 Å². The highest BCUT2D eigenvalue weighted by molar-refractivity contribution is 5.89. The summed E-state index contributed by atoms with van der Waals surface area (Å²) in [6, 6.07) is 13.4. The van der Waals surface area contributed by atoms with Crippen molar-refractivity contribution in [3.05, 3.63) is 55.0 Å². The minimum absolute atomic E-state index is 0.103. The Kier molecular flexibility index (Phi) is 5.24. The lowest BCUT2D eigenvalue weighted by atomic mass is 10.2. The maximum absolute atomic E-state index is 11.2. The number of H-pyrrole nitrogens is 1. The van der Waals surface area contributed by atoms with E-state index >= 15 is 0 Å². The van der Waals surface area contributed by atoms with Crippen molar-refractivity contribution in [1.29, 1.82) is 0 Å². The number of hydrogen-bond acceptors (Lipinski definition) is 8. The molecular weight excluding hydrogens is 406 g/mol. The lowest BCUT2D eigenvalue weighted by Crippen LogP contribution is -2.47. The first-order valence-corrected chi connectivity index (χ1v) is 10.4. The number of nitrogens with one attached hydrogen (secondary N) is 3. The summed E-state index contributed by atoms with van der Waals surface area (Å²) >= 11 is 0. The van der Waals surface area contributed by atoms with Crippen molar-refractivity contribution in [1.82, 2.24) is 24.9 Å². The molecule has 0 spiro atoms. The van der Waals surface area contributed by atoms with Gasteiger partial charge in [-0.15, -0.1) is 0 Å². The van der Waals surface area contributed by atoms with Crippen LogP contribution in [-0.2, 0) is 4.79 Å². The minimum atomic E-state index is -0.103. The molecule has 4 heterocycles. The Balaban J connectivity index is 1.35. The molecule has 0 atom stereocenters. The van der Waals surface area contributed by atoms with E-state index in [1.54, 1.807) is 6.33 Å². The van der Waals surface area contributed by atoms with Crippen LogP contribution in [0.2, 0.25) is 0 Å². The van der Waals surface area contributed by atoms with E-state index in [1.165, 1.54) is 6.92 Å². The number of fused-ring (bicyclic) bond motifs is 1. The van der Waals surface area contributed by atoms with E-state index in [0.717, 1.165) is 48.9 Å². The highest BCUT2D eigenvalue weighted by Crippen LogP contribution is 2.26. The number of carbonyl (C=O) groups excluding carboxylic acids is 1. The molecule has 10 nitrogen and oxygen atoms in total.